The van der Waals surface area contributed by atoms with E-state index >= 15 is 0 Å². The molecule has 2 aromatic heterocycles. The number of benzene rings is 1. The highest BCUT2D eigenvalue weighted by Crippen LogP contribution is 2.28. The molecule has 3 nitrogen and oxygen atoms in total. The van der Waals surface area contributed by atoms with Crippen molar-refractivity contribution in [2.75, 3.05) is 11.2 Å². The Labute approximate surface area is 120 Å². The number of halogens is 1. The van der Waals surface area contributed by atoms with E-state index in [1.165, 1.54) is 0 Å². The molecular weight excluding hydrogens is 278 g/mol. The van der Waals surface area contributed by atoms with Crippen molar-refractivity contribution in [1.29, 1.82) is 0 Å². The number of fused-ring (bicyclic) bond motifs is 1. The second-order valence-electron chi connectivity index (χ2n) is 4.12. The van der Waals surface area contributed by atoms with Gasteiger partial charge in [0, 0.05) is 5.88 Å². The van der Waals surface area contributed by atoms with Crippen LogP contribution in [0.3, 0.4) is 0 Å². The lowest BCUT2D eigenvalue weighted by Gasteiger charge is -2.17. The zero-order chi connectivity index (χ0) is 13.1. The van der Waals surface area contributed by atoms with Gasteiger partial charge in [-0.25, -0.2) is 9.97 Å². The zero-order valence-electron chi connectivity index (χ0n) is 10.1. The molecule has 3 rings (SSSR count). The molecule has 0 radical (unpaired) electrons. The second kappa shape index (κ2) is 5.55. The van der Waals surface area contributed by atoms with Gasteiger partial charge in [0.05, 0.1) is 16.3 Å². The number of rotatable bonds is 4. The van der Waals surface area contributed by atoms with Crippen LogP contribution in [0.1, 0.15) is 11.6 Å². The van der Waals surface area contributed by atoms with Gasteiger partial charge in [-0.3, -0.25) is 0 Å². The number of nitrogens with zero attached hydrogens (tertiary/aromatic N) is 2. The smallest absolute Gasteiger partial charge is 0.147 e. The number of hydrogen-bond acceptors (Lipinski definition) is 4. The van der Waals surface area contributed by atoms with Gasteiger partial charge in [0.15, 0.2) is 0 Å². The van der Waals surface area contributed by atoms with Crippen LogP contribution in [0.2, 0.25) is 0 Å². The maximum Gasteiger partial charge on any atom is 0.147 e. The summed E-state index contributed by atoms with van der Waals surface area (Å²) >= 11 is 7.71. The van der Waals surface area contributed by atoms with Gasteiger partial charge < -0.3 is 5.32 Å². The van der Waals surface area contributed by atoms with Crippen LogP contribution in [-0.2, 0) is 0 Å². The summed E-state index contributed by atoms with van der Waals surface area (Å²) in [5.41, 5.74) is 2.12. The van der Waals surface area contributed by atoms with Gasteiger partial charge in [0.25, 0.3) is 0 Å². The monoisotopic (exact) mass is 289 g/mol. The molecule has 0 amide bonds. The molecule has 1 aromatic carbocycles. The molecule has 5 heteroatoms. The predicted octanol–water partition coefficient (Wildman–Crippen LogP) is 4.08. The summed E-state index contributed by atoms with van der Waals surface area (Å²) in [4.78, 5) is 8.56. The highest BCUT2D eigenvalue weighted by molar-refractivity contribution is 7.17. The summed E-state index contributed by atoms with van der Waals surface area (Å²) in [5.74, 6) is 1.33. The average molecular weight is 290 g/mol. The van der Waals surface area contributed by atoms with Gasteiger partial charge in [-0.2, -0.15) is 0 Å². The van der Waals surface area contributed by atoms with E-state index in [9.17, 15) is 0 Å². The quantitative estimate of drug-likeness (QED) is 0.735. The van der Waals surface area contributed by atoms with E-state index in [0.29, 0.717) is 5.88 Å². The Morgan fingerprint density at radius 3 is 2.79 bits per heavy atom. The van der Waals surface area contributed by atoms with Gasteiger partial charge in [0.1, 0.15) is 12.1 Å². The van der Waals surface area contributed by atoms with Crippen molar-refractivity contribution >= 4 is 39.0 Å². The van der Waals surface area contributed by atoms with Crippen LogP contribution in [-0.4, -0.2) is 15.8 Å². The fourth-order valence-corrected chi connectivity index (χ4v) is 3.01. The summed E-state index contributed by atoms with van der Waals surface area (Å²) < 4.78 is 1.06. The van der Waals surface area contributed by atoms with Crippen molar-refractivity contribution in [3.63, 3.8) is 0 Å². The number of hydrogen-bond donors (Lipinski definition) is 1. The lowest BCUT2D eigenvalue weighted by molar-refractivity contribution is 0.884. The normalized spacial score (nSPS) is 12.5. The highest BCUT2D eigenvalue weighted by Gasteiger charge is 2.13. The third-order valence-electron chi connectivity index (χ3n) is 2.91. The minimum atomic E-state index is 0.0445. The minimum absolute atomic E-state index is 0.0445. The Morgan fingerprint density at radius 2 is 2.00 bits per heavy atom. The molecule has 19 heavy (non-hydrogen) atoms. The molecule has 1 unspecified atom stereocenters. The molecule has 3 aromatic rings. The molecule has 96 valence electrons. The molecule has 2 heterocycles. The molecular formula is C14H12ClN3S. The number of anilines is 1. The van der Waals surface area contributed by atoms with Crippen molar-refractivity contribution in [2.24, 2.45) is 0 Å². The van der Waals surface area contributed by atoms with Crippen molar-refractivity contribution in [3.05, 3.63) is 53.7 Å². The van der Waals surface area contributed by atoms with E-state index in [2.05, 4.69) is 27.4 Å². The number of thiophene rings is 1. The van der Waals surface area contributed by atoms with Crippen molar-refractivity contribution in [1.82, 2.24) is 9.97 Å². The van der Waals surface area contributed by atoms with Crippen LogP contribution < -0.4 is 5.32 Å². The van der Waals surface area contributed by atoms with Crippen LogP contribution in [0.25, 0.3) is 10.2 Å². The first kappa shape index (κ1) is 12.4. The van der Waals surface area contributed by atoms with Crippen LogP contribution in [0, 0.1) is 0 Å². The first-order chi connectivity index (χ1) is 9.38. The molecule has 0 aliphatic carbocycles. The molecule has 0 aliphatic rings. The molecule has 0 aliphatic heterocycles. The molecule has 1 N–H and O–H groups in total. The van der Waals surface area contributed by atoms with E-state index in [-0.39, 0.29) is 6.04 Å². The first-order valence-electron chi connectivity index (χ1n) is 5.94. The number of alkyl halides is 1. The minimum Gasteiger partial charge on any atom is -0.361 e. The Hall–Kier alpha value is -1.65. The van der Waals surface area contributed by atoms with Gasteiger partial charge in [-0.05, 0) is 17.0 Å². The van der Waals surface area contributed by atoms with Crippen molar-refractivity contribution in [3.8, 4) is 0 Å². The molecule has 0 bridgehead atoms. The largest absolute Gasteiger partial charge is 0.361 e. The van der Waals surface area contributed by atoms with Crippen LogP contribution >= 0.6 is 22.9 Å². The topological polar surface area (TPSA) is 37.8 Å². The van der Waals surface area contributed by atoms with E-state index in [4.69, 9.17) is 11.6 Å². The summed E-state index contributed by atoms with van der Waals surface area (Å²) in [6, 6.07) is 12.2. The molecule has 1 atom stereocenters. The van der Waals surface area contributed by atoms with E-state index in [0.717, 1.165) is 21.6 Å². The van der Waals surface area contributed by atoms with Crippen LogP contribution in [0.4, 0.5) is 5.82 Å². The van der Waals surface area contributed by atoms with Crippen LogP contribution in [0.15, 0.2) is 48.1 Å². The fourth-order valence-electron chi connectivity index (χ4n) is 1.95. The first-order valence-corrected chi connectivity index (χ1v) is 7.35. The molecule has 0 saturated carbocycles. The highest BCUT2D eigenvalue weighted by atomic mass is 35.5. The lowest BCUT2D eigenvalue weighted by Crippen LogP contribution is -2.13. The summed E-state index contributed by atoms with van der Waals surface area (Å²) in [6.07, 6.45) is 1.58. The Kier molecular flexibility index (Phi) is 3.62. The molecule has 0 saturated heterocycles. The lowest BCUT2D eigenvalue weighted by atomic mass is 10.1. The van der Waals surface area contributed by atoms with Gasteiger partial charge in [-0.15, -0.1) is 22.9 Å². The average Bonchev–Trinajstić information content (AvgIpc) is 2.95. The summed E-state index contributed by atoms with van der Waals surface area (Å²) in [5, 5.41) is 5.42. The standard InChI is InChI=1S/C14H12ClN3S/c15-8-12(10-4-2-1-3-5-10)18-14-13-11(6-7-19-13)16-9-17-14/h1-7,9,12H,8H2,(H,16,17,18). The number of aromatic nitrogens is 2. The Bertz CT molecular complexity index is 669. The van der Waals surface area contributed by atoms with E-state index in [1.54, 1.807) is 17.7 Å². The maximum absolute atomic E-state index is 6.07. The van der Waals surface area contributed by atoms with E-state index in [1.807, 2.05) is 29.6 Å². The maximum atomic E-state index is 6.07. The van der Waals surface area contributed by atoms with Gasteiger partial charge in [0.2, 0.25) is 0 Å². The molecule has 0 fully saturated rings. The summed E-state index contributed by atoms with van der Waals surface area (Å²) in [6.45, 7) is 0. The summed E-state index contributed by atoms with van der Waals surface area (Å²) in [7, 11) is 0. The zero-order valence-corrected chi connectivity index (χ0v) is 11.7. The Morgan fingerprint density at radius 1 is 1.16 bits per heavy atom. The van der Waals surface area contributed by atoms with E-state index < -0.39 is 0 Å². The van der Waals surface area contributed by atoms with Crippen LogP contribution in [0.5, 0.6) is 0 Å². The van der Waals surface area contributed by atoms with Crippen molar-refractivity contribution in [2.45, 2.75) is 6.04 Å². The second-order valence-corrected chi connectivity index (χ2v) is 5.34. The number of nitrogens with one attached hydrogen (secondary N) is 1. The van der Waals surface area contributed by atoms with Crippen molar-refractivity contribution < 1.29 is 0 Å². The third kappa shape index (κ3) is 2.55. The van der Waals surface area contributed by atoms with Gasteiger partial charge >= 0.3 is 0 Å². The molecule has 0 spiro atoms. The fraction of sp³-hybridized carbons (Fsp3) is 0.143. The predicted molar refractivity (Wildman–Crippen MR) is 80.9 cm³/mol. The third-order valence-corrected chi connectivity index (χ3v) is 4.13. The van der Waals surface area contributed by atoms with Gasteiger partial charge in [-0.1, -0.05) is 30.3 Å². The SMILES string of the molecule is ClCC(Nc1ncnc2ccsc12)c1ccccc1. The Balaban J connectivity index is 1.93.